The topological polar surface area (TPSA) is 85.1 Å². The number of hydrogen-bond acceptors (Lipinski definition) is 4. The number of anilines is 1. The predicted octanol–water partition coefficient (Wildman–Crippen LogP) is 2.77. The van der Waals surface area contributed by atoms with Gasteiger partial charge in [0.05, 0.1) is 11.4 Å². The first-order valence-electron chi connectivity index (χ1n) is 5.53. The molecule has 2 aromatic rings. The second kappa shape index (κ2) is 6.42. The van der Waals surface area contributed by atoms with Crippen LogP contribution in [-0.2, 0) is 10.0 Å². The molecule has 0 unspecified atom stereocenters. The quantitative estimate of drug-likeness (QED) is 0.549. The molecule has 21 heavy (non-hydrogen) atoms. The Labute approximate surface area is 146 Å². The first kappa shape index (κ1) is 16.4. The average molecular weight is 454 g/mol. The Kier molecular flexibility index (Phi) is 5.02. The van der Waals surface area contributed by atoms with E-state index in [2.05, 4.69) is 9.71 Å². The Morgan fingerprint density at radius 1 is 1.33 bits per heavy atom. The maximum Gasteiger partial charge on any atom is 0.263 e. The van der Waals surface area contributed by atoms with E-state index in [0.29, 0.717) is 20.0 Å². The number of nitrogens with one attached hydrogen (secondary N) is 1. The number of pyridine rings is 1. The normalized spacial score (nSPS) is 11.1. The molecule has 1 aromatic heterocycles. The van der Waals surface area contributed by atoms with Crippen molar-refractivity contribution in [2.75, 3.05) is 4.72 Å². The Bertz CT molecular complexity index is 795. The number of sulfonamides is 1. The SMILES string of the molecule is NC(=S)c1ccc(S(=O)(=O)Nc2ccc(Cl)cc2I)cn1. The third-order valence-electron chi connectivity index (χ3n) is 2.47. The van der Waals surface area contributed by atoms with E-state index in [1.807, 2.05) is 22.6 Å². The molecule has 5 nitrogen and oxygen atoms in total. The van der Waals surface area contributed by atoms with E-state index in [1.54, 1.807) is 18.2 Å². The molecule has 0 aliphatic heterocycles. The van der Waals surface area contributed by atoms with Crippen LogP contribution in [0.2, 0.25) is 5.02 Å². The Hall–Kier alpha value is -0.970. The molecule has 3 N–H and O–H groups in total. The second-order valence-corrected chi connectivity index (χ2v) is 7.69. The van der Waals surface area contributed by atoms with Gasteiger partial charge >= 0.3 is 0 Å². The maximum absolute atomic E-state index is 12.3. The fraction of sp³-hybridized carbons (Fsp3) is 0. The highest BCUT2D eigenvalue weighted by Crippen LogP contribution is 2.24. The van der Waals surface area contributed by atoms with Crippen molar-refractivity contribution in [3.8, 4) is 0 Å². The molecule has 9 heteroatoms. The monoisotopic (exact) mass is 453 g/mol. The molecule has 0 saturated carbocycles. The van der Waals surface area contributed by atoms with Crippen LogP contribution in [0.25, 0.3) is 0 Å². The minimum absolute atomic E-state index is 0.0215. The van der Waals surface area contributed by atoms with Crippen LogP contribution in [0.5, 0.6) is 0 Å². The van der Waals surface area contributed by atoms with Gasteiger partial charge in [-0.15, -0.1) is 0 Å². The summed E-state index contributed by atoms with van der Waals surface area (Å²) in [6, 6.07) is 7.72. The van der Waals surface area contributed by atoms with Gasteiger partial charge in [0.1, 0.15) is 9.88 Å². The van der Waals surface area contributed by atoms with Crippen LogP contribution < -0.4 is 10.5 Å². The molecule has 0 spiro atoms. The largest absolute Gasteiger partial charge is 0.388 e. The summed E-state index contributed by atoms with van der Waals surface area (Å²) in [4.78, 5) is 4.05. The van der Waals surface area contributed by atoms with E-state index >= 15 is 0 Å². The molecule has 110 valence electrons. The number of hydrogen-bond donors (Lipinski definition) is 2. The van der Waals surface area contributed by atoms with Gasteiger partial charge in [-0.25, -0.2) is 8.42 Å². The second-order valence-electron chi connectivity index (χ2n) is 3.97. The van der Waals surface area contributed by atoms with E-state index in [0.717, 1.165) is 0 Å². The van der Waals surface area contributed by atoms with E-state index in [1.165, 1.54) is 18.3 Å². The summed E-state index contributed by atoms with van der Waals surface area (Å²) < 4.78 is 27.7. The summed E-state index contributed by atoms with van der Waals surface area (Å²) in [5.41, 5.74) is 6.23. The molecule has 0 aliphatic carbocycles. The highest BCUT2D eigenvalue weighted by atomic mass is 127. The Balaban J connectivity index is 2.31. The zero-order valence-electron chi connectivity index (χ0n) is 10.4. The van der Waals surface area contributed by atoms with E-state index < -0.39 is 10.0 Å². The Morgan fingerprint density at radius 3 is 2.57 bits per heavy atom. The molecule has 1 heterocycles. The number of nitrogens with zero attached hydrogens (tertiary/aromatic N) is 1. The van der Waals surface area contributed by atoms with Gasteiger partial charge in [-0.3, -0.25) is 9.71 Å². The number of thiocarbonyl (C=S) groups is 1. The summed E-state index contributed by atoms with van der Waals surface area (Å²) >= 11 is 12.6. The molecule has 0 bridgehead atoms. The van der Waals surface area contributed by atoms with Gasteiger partial charge < -0.3 is 5.73 Å². The minimum Gasteiger partial charge on any atom is -0.388 e. The smallest absolute Gasteiger partial charge is 0.263 e. The lowest BCUT2D eigenvalue weighted by Crippen LogP contribution is -2.16. The van der Waals surface area contributed by atoms with Crippen LogP contribution in [-0.4, -0.2) is 18.4 Å². The highest BCUT2D eigenvalue weighted by molar-refractivity contribution is 14.1. The lowest BCUT2D eigenvalue weighted by Gasteiger charge is -2.10. The van der Waals surface area contributed by atoms with Gasteiger partial charge in [0, 0.05) is 14.8 Å². The van der Waals surface area contributed by atoms with E-state index in [4.69, 9.17) is 29.6 Å². The highest BCUT2D eigenvalue weighted by Gasteiger charge is 2.16. The van der Waals surface area contributed by atoms with Crippen molar-refractivity contribution < 1.29 is 8.42 Å². The maximum atomic E-state index is 12.3. The number of rotatable bonds is 4. The van der Waals surface area contributed by atoms with E-state index in [-0.39, 0.29) is 9.88 Å². The number of halogens is 2. The lowest BCUT2D eigenvalue weighted by molar-refractivity contribution is 0.601. The van der Waals surface area contributed by atoms with Crippen molar-refractivity contribution in [2.24, 2.45) is 5.73 Å². The summed E-state index contributed by atoms with van der Waals surface area (Å²) in [5.74, 6) is 0. The molecular formula is C12H9ClIN3O2S2. The number of aromatic nitrogens is 1. The minimum atomic E-state index is -3.74. The van der Waals surface area contributed by atoms with Crippen molar-refractivity contribution in [1.29, 1.82) is 0 Å². The summed E-state index contributed by atoms with van der Waals surface area (Å²) in [6.07, 6.45) is 1.21. The molecule has 0 aliphatic rings. The van der Waals surface area contributed by atoms with Crippen molar-refractivity contribution in [2.45, 2.75) is 4.90 Å². The van der Waals surface area contributed by atoms with Gasteiger partial charge in [0.2, 0.25) is 0 Å². The molecule has 0 saturated heterocycles. The summed E-state index contributed by atoms with van der Waals surface area (Å²) in [6.45, 7) is 0. The fourth-order valence-corrected chi connectivity index (χ4v) is 3.80. The van der Waals surface area contributed by atoms with Gasteiger partial charge in [-0.1, -0.05) is 23.8 Å². The molecule has 0 radical (unpaired) electrons. The van der Waals surface area contributed by atoms with Gasteiger partial charge in [0.25, 0.3) is 10.0 Å². The summed E-state index contributed by atoms with van der Waals surface area (Å²) in [7, 11) is -3.74. The zero-order valence-corrected chi connectivity index (χ0v) is 14.9. The third kappa shape index (κ3) is 4.02. The van der Waals surface area contributed by atoms with Crippen LogP contribution >= 0.6 is 46.4 Å². The first-order valence-corrected chi connectivity index (χ1v) is 8.88. The van der Waals surface area contributed by atoms with Crippen molar-refractivity contribution >= 4 is 67.1 Å². The predicted molar refractivity (Wildman–Crippen MR) is 95.1 cm³/mol. The van der Waals surface area contributed by atoms with Crippen LogP contribution in [0.4, 0.5) is 5.69 Å². The van der Waals surface area contributed by atoms with Crippen LogP contribution in [0.15, 0.2) is 41.4 Å². The fourth-order valence-electron chi connectivity index (χ4n) is 1.46. The standard InChI is InChI=1S/C12H9ClIN3O2S2/c13-7-1-3-10(9(14)5-7)17-21(18,19)8-2-4-11(12(15)20)16-6-8/h1-6,17H,(H2,15,20). The average Bonchev–Trinajstić information content (AvgIpc) is 2.42. The first-order chi connectivity index (χ1) is 9.79. The summed E-state index contributed by atoms with van der Waals surface area (Å²) in [5, 5.41) is 0.532. The molecule has 0 atom stereocenters. The van der Waals surface area contributed by atoms with Gasteiger partial charge in [0.15, 0.2) is 0 Å². The van der Waals surface area contributed by atoms with Crippen molar-refractivity contribution in [3.05, 3.63) is 50.8 Å². The van der Waals surface area contributed by atoms with Crippen LogP contribution in [0, 0.1) is 3.57 Å². The van der Waals surface area contributed by atoms with Crippen LogP contribution in [0.3, 0.4) is 0 Å². The number of nitrogens with two attached hydrogens (primary N) is 1. The molecular weight excluding hydrogens is 445 g/mol. The molecule has 2 rings (SSSR count). The Morgan fingerprint density at radius 2 is 2.05 bits per heavy atom. The van der Waals surface area contributed by atoms with Gasteiger partial charge in [-0.05, 0) is 52.9 Å². The molecule has 0 fully saturated rings. The lowest BCUT2D eigenvalue weighted by atomic mass is 10.3. The van der Waals surface area contributed by atoms with Gasteiger partial charge in [-0.2, -0.15) is 0 Å². The van der Waals surface area contributed by atoms with Crippen molar-refractivity contribution in [1.82, 2.24) is 4.98 Å². The van der Waals surface area contributed by atoms with Crippen LogP contribution in [0.1, 0.15) is 5.69 Å². The molecule has 1 aromatic carbocycles. The van der Waals surface area contributed by atoms with E-state index in [9.17, 15) is 8.42 Å². The third-order valence-corrected chi connectivity index (χ3v) is 5.16. The number of benzene rings is 1. The molecule has 0 amide bonds. The van der Waals surface area contributed by atoms with Crippen molar-refractivity contribution in [3.63, 3.8) is 0 Å². The zero-order chi connectivity index (χ0) is 15.6.